The number of rotatable bonds is 3. The Hall–Kier alpha value is -2.27. The van der Waals surface area contributed by atoms with Crippen LogP contribution < -0.4 is 4.90 Å². The Balaban J connectivity index is 1.58. The van der Waals surface area contributed by atoms with Crippen LogP contribution in [0.4, 0.5) is 18.9 Å². The molecule has 3 aliphatic rings. The van der Waals surface area contributed by atoms with Crippen molar-refractivity contribution in [3.05, 3.63) is 29.3 Å². The van der Waals surface area contributed by atoms with Gasteiger partial charge in [-0.3, -0.25) is 4.79 Å². The third kappa shape index (κ3) is 3.35. The number of fused-ring (bicyclic) bond motifs is 1. The average Bonchev–Trinajstić information content (AvgIpc) is 3.33. The fourth-order valence-electron chi connectivity index (χ4n) is 4.77. The van der Waals surface area contributed by atoms with Crippen molar-refractivity contribution in [3.8, 4) is 6.07 Å². The van der Waals surface area contributed by atoms with Gasteiger partial charge in [-0.1, -0.05) is 6.92 Å². The van der Waals surface area contributed by atoms with Crippen LogP contribution in [0.2, 0.25) is 0 Å². The lowest BCUT2D eigenvalue weighted by Gasteiger charge is -2.43. The average molecular weight is 407 g/mol. The van der Waals surface area contributed by atoms with Gasteiger partial charge in [0.05, 0.1) is 23.8 Å². The molecule has 2 aliphatic heterocycles. The third-order valence-corrected chi connectivity index (χ3v) is 7.05. The first-order valence-corrected chi connectivity index (χ1v) is 9.88. The zero-order chi connectivity index (χ0) is 21.0. The van der Waals surface area contributed by atoms with Crippen molar-refractivity contribution in [1.82, 2.24) is 4.90 Å². The Morgan fingerprint density at radius 3 is 2.62 bits per heavy atom. The lowest BCUT2D eigenvalue weighted by atomic mass is 9.73. The Bertz CT molecular complexity index is 875. The van der Waals surface area contributed by atoms with Crippen LogP contribution in [0.25, 0.3) is 0 Å². The van der Waals surface area contributed by atoms with Gasteiger partial charge in [0.25, 0.3) is 0 Å². The van der Waals surface area contributed by atoms with Crippen LogP contribution in [-0.2, 0) is 11.0 Å². The van der Waals surface area contributed by atoms with Crippen molar-refractivity contribution in [3.63, 3.8) is 0 Å². The molecule has 156 valence electrons. The van der Waals surface area contributed by atoms with E-state index in [1.807, 2.05) is 16.7 Å². The van der Waals surface area contributed by atoms with Gasteiger partial charge in [-0.2, -0.15) is 18.4 Å². The molecule has 2 unspecified atom stereocenters. The fourth-order valence-corrected chi connectivity index (χ4v) is 4.77. The minimum Gasteiger partial charge on any atom is -0.396 e. The summed E-state index contributed by atoms with van der Waals surface area (Å²) in [5, 5.41) is 19.1. The van der Waals surface area contributed by atoms with Gasteiger partial charge in [-0.05, 0) is 37.5 Å². The molecule has 3 fully saturated rings. The molecule has 29 heavy (non-hydrogen) atoms. The summed E-state index contributed by atoms with van der Waals surface area (Å²) in [5.41, 5.74) is -1.63. The van der Waals surface area contributed by atoms with Crippen LogP contribution in [0.3, 0.4) is 0 Å². The topological polar surface area (TPSA) is 67.6 Å². The van der Waals surface area contributed by atoms with Gasteiger partial charge in [0.15, 0.2) is 0 Å². The molecule has 0 radical (unpaired) electrons. The summed E-state index contributed by atoms with van der Waals surface area (Å²) < 4.78 is 40.0. The van der Waals surface area contributed by atoms with Crippen LogP contribution in [0, 0.1) is 28.1 Å². The van der Waals surface area contributed by atoms with Gasteiger partial charge in [0, 0.05) is 48.6 Å². The first kappa shape index (κ1) is 20.0. The number of likely N-dealkylation sites (tertiary alicyclic amines) is 1. The number of piperidine rings is 1. The molecule has 0 bridgehead atoms. The number of carbonyl (C=O) groups is 1. The zero-order valence-corrected chi connectivity index (χ0v) is 16.3. The van der Waals surface area contributed by atoms with Crippen LogP contribution >= 0.6 is 0 Å². The number of hydrogen-bond acceptors (Lipinski definition) is 4. The van der Waals surface area contributed by atoms with E-state index in [2.05, 4.69) is 0 Å². The molecule has 4 rings (SSSR count). The predicted octanol–water partition coefficient (Wildman–Crippen LogP) is 3.02. The van der Waals surface area contributed by atoms with Crippen LogP contribution in [0.1, 0.15) is 37.3 Å². The van der Waals surface area contributed by atoms with Crippen molar-refractivity contribution >= 4 is 11.6 Å². The van der Waals surface area contributed by atoms with Gasteiger partial charge in [-0.25, -0.2) is 0 Å². The second kappa shape index (κ2) is 6.63. The maximum atomic E-state index is 13.3. The maximum Gasteiger partial charge on any atom is 0.417 e. The number of aliphatic hydroxyl groups is 1. The molecule has 1 aromatic rings. The van der Waals surface area contributed by atoms with Gasteiger partial charge in [-0.15, -0.1) is 0 Å². The molecule has 5 nitrogen and oxygen atoms in total. The molecule has 2 heterocycles. The highest BCUT2D eigenvalue weighted by Crippen LogP contribution is 2.49. The molecule has 0 aromatic heterocycles. The number of benzene rings is 1. The van der Waals surface area contributed by atoms with E-state index in [0.717, 1.165) is 18.9 Å². The number of alkyl halides is 3. The Morgan fingerprint density at radius 1 is 1.31 bits per heavy atom. The lowest BCUT2D eigenvalue weighted by Crippen LogP contribution is -2.52. The minimum atomic E-state index is -4.61. The fraction of sp³-hybridized carbons (Fsp3) is 0.619. The highest BCUT2D eigenvalue weighted by Gasteiger charge is 2.53. The van der Waals surface area contributed by atoms with Crippen molar-refractivity contribution in [2.75, 3.05) is 37.7 Å². The Kier molecular flexibility index (Phi) is 4.57. The molecule has 2 atom stereocenters. The molecule has 0 spiro atoms. The molecule has 1 amide bonds. The first-order chi connectivity index (χ1) is 13.6. The number of aliphatic hydroxyl groups excluding tert-OH is 1. The number of anilines is 1. The lowest BCUT2D eigenvalue weighted by molar-refractivity contribution is -0.140. The summed E-state index contributed by atoms with van der Waals surface area (Å²) in [7, 11) is 0. The van der Waals surface area contributed by atoms with Crippen molar-refractivity contribution < 1.29 is 23.1 Å². The van der Waals surface area contributed by atoms with Crippen molar-refractivity contribution in [1.29, 1.82) is 5.26 Å². The SMILES string of the molecule is CC1(C(=O)N2CCC3(CO)CN(c4ccc(C#N)c(C(F)(F)F)c4)CC3C2)CC1. The number of halogens is 3. The van der Waals surface area contributed by atoms with Crippen molar-refractivity contribution in [2.45, 2.75) is 32.4 Å². The smallest absolute Gasteiger partial charge is 0.396 e. The standard InChI is InChI=1S/C21H24F3N3O2/c1-19(4-5-19)18(29)26-7-6-20(13-28)12-27(11-15(20)10-26)16-3-2-14(9-25)17(8-16)21(22,23)24/h2-3,8,15,28H,4-7,10-13H2,1H3. The van der Waals surface area contributed by atoms with E-state index in [9.17, 15) is 23.1 Å². The second-order valence-corrected chi connectivity index (χ2v) is 9.00. The number of nitriles is 1. The summed E-state index contributed by atoms with van der Waals surface area (Å²) >= 11 is 0. The molecule has 1 aromatic carbocycles. The number of carbonyl (C=O) groups excluding carboxylic acids is 1. The van der Waals surface area contributed by atoms with E-state index >= 15 is 0 Å². The van der Waals surface area contributed by atoms with E-state index in [0.29, 0.717) is 38.3 Å². The molecule has 8 heteroatoms. The predicted molar refractivity (Wildman–Crippen MR) is 99.9 cm³/mol. The number of nitrogens with zero attached hydrogens (tertiary/aromatic N) is 3. The summed E-state index contributed by atoms with van der Waals surface area (Å²) in [5.74, 6) is 0.151. The molecule has 1 saturated carbocycles. The molecule has 2 saturated heterocycles. The van der Waals surface area contributed by atoms with E-state index in [1.54, 1.807) is 6.07 Å². The summed E-state index contributed by atoms with van der Waals surface area (Å²) in [6.07, 6.45) is -2.18. The van der Waals surface area contributed by atoms with Crippen molar-refractivity contribution in [2.24, 2.45) is 16.7 Å². The maximum absolute atomic E-state index is 13.3. The summed E-state index contributed by atoms with van der Waals surface area (Å²) in [4.78, 5) is 16.5. The number of hydrogen-bond donors (Lipinski definition) is 1. The third-order valence-electron chi connectivity index (χ3n) is 7.05. The van der Waals surface area contributed by atoms with Crippen LogP contribution in [0.15, 0.2) is 18.2 Å². The van der Waals surface area contributed by atoms with Crippen LogP contribution in [-0.4, -0.2) is 48.7 Å². The molecule has 1 aliphatic carbocycles. The number of amides is 1. The molecule has 1 N–H and O–H groups in total. The Labute approximate surface area is 167 Å². The normalized spacial score (nSPS) is 28.1. The van der Waals surface area contributed by atoms with Gasteiger partial charge in [0.2, 0.25) is 5.91 Å². The van der Waals surface area contributed by atoms with E-state index in [-0.39, 0.29) is 23.8 Å². The van der Waals surface area contributed by atoms with Gasteiger partial charge >= 0.3 is 6.18 Å². The quantitative estimate of drug-likeness (QED) is 0.837. The highest BCUT2D eigenvalue weighted by molar-refractivity contribution is 5.85. The van der Waals surface area contributed by atoms with Gasteiger partial charge < -0.3 is 14.9 Å². The second-order valence-electron chi connectivity index (χ2n) is 9.00. The molecular formula is C21H24F3N3O2. The Morgan fingerprint density at radius 2 is 2.03 bits per heavy atom. The van der Waals surface area contributed by atoms with Gasteiger partial charge in [0.1, 0.15) is 0 Å². The monoisotopic (exact) mass is 407 g/mol. The van der Waals surface area contributed by atoms with E-state index in [1.165, 1.54) is 12.1 Å². The highest BCUT2D eigenvalue weighted by atomic mass is 19.4. The first-order valence-electron chi connectivity index (χ1n) is 9.88. The minimum absolute atomic E-state index is 0.00229. The van der Waals surface area contributed by atoms with E-state index < -0.39 is 22.7 Å². The largest absolute Gasteiger partial charge is 0.417 e. The summed E-state index contributed by atoms with van der Waals surface area (Å²) in [6.45, 7) is 3.92. The van der Waals surface area contributed by atoms with E-state index in [4.69, 9.17) is 5.26 Å². The zero-order valence-electron chi connectivity index (χ0n) is 16.3. The van der Waals surface area contributed by atoms with Crippen LogP contribution in [0.5, 0.6) is 0 Å². The summed E-state index contributed by atoms with van der Waals surface area (Å²) in [6, 6.07) is 5.36. The molecular weight excluding hydrogens is 383 g/mol.